The third kappa shape index (κ3) is 1.98. The first kappa shape index (κ1) is 10.5. The molecule has 2 nitrogen and oxygen atoms in total. The minimum atomic E-state index is 0.799. The van der Waals surface area contributed by atoms with E-state index in [9.17, 15) is 0 Å². The largest absolute Gasteiger partial charge is 0.259 e. The molecule has 0 amide bonds. The molecule has 3 rings (SSSR count). The molecule has 0 aliphatic heterocycles. The molecule has 0 N–H and O–H groups in total. The van der Waals surface area contributed by atoms with E-state index in [2.05, 4.69) is 51.4 Å². The number of para-hydroxylation sites is 1. The zero-order valence-corrected chi connectivity index (χ0v) is 10.8. The number of aromatic nitrogens is 2. The van der Waals surface area contributed by atoms with Crippen molar-refractivity contribution in [3.05, 3.63) is 64.8 Å². The Morgan fingerprint density at radius 2 is 1.82 bits per heavy atom. The molecule has 2 aromatic carbocycles. The molecule has 84 valence electrons. The van der Waals surface area contributed by atoms with Gasteiger partial charge in [-0.3, -0.25) is 4.68 Å². The summed E-state index contributed by atoms with van der Waals surface area (Å²) in [5, 5.41) is 5.60. The Labute approximate surface area is 108 Å². The zero-order chi connectivity index (χ0) is 11.7. The van der Waals surface area contributed by atoms with Gasteiger partial charge in [-0.25, -0.2) is 0 Å². The summed E-state index contributed by atoms with van der Waals surface area (Å²) < 4.78 is 3.11. The maximum atomic E-state index is 4.44. The molecule has 0 saturated carbocycles. The molecular weight excluding hydrogens is 276 g/mol. The number of halogens is 1. The molecule has 0 aliphatic rings. The van der Waals surface area contributed by atoms with Gasteiger partial charge in [0.2, 0.25) is 0 Å². The Kier molecular flexibility index (Phi) is 2.69. The van der Waals surface area contributed by atoms with Gasteiger partial charge in [0.15, 0.2) is 0 Å². The lowest BCUT2D eigenvalue weighted by Crippen LogP contribution is -2.01. The number of nitrogens with zero attached hydrogens (tertiary/aromatic N) is 2. The van der Waals surface area contributed by atoms with Gasteiger partial charge >= 0.3 is 0 Å². The molecule has 0 fully saturated rings. The van der Waals surface area contributed by atoms with Crippen LogP contribution in [0.1, 0.15) is 5.56 Å². The molecule has 0 atom stereocenters. The Morgan fingerprint density at radius 1 is 1.00 bits per heavy atom. The number of hydrogen-bond donors (Lipinski definition) is 0. The lowest BCUT2D eigenvalue weighted by Gasteiger charge is -2.05. The highest BCUT2D eigenvalue weighted by Gasteiger charge is 2.06. The van der Waals surface area contributed by atoms with Crippen molar-refractivity contribution >= 4 is 26.8 Å². The lowest BCUT2D eigenvalue weighted by atomic mass is 10.2. The first-order valence-corrected chi connectivity index (χ1v) is 6.28. The summed E-state index contributed by atoms with van der Waals surface area (Å²) in [6, 6.07) is 16.5. The third-order valence-corrected chi connectivity index (χ3v) is 3.43. The van der Waals surface area contributed by atoms with Crippen molar-refractivity contribution in [2.75, 3.05) is 0 Å². The van der Waals surface area contributed by atoms with Crippen LogP contribution in [-0.4, -0.2) is 9.78 Å². The van der Waals surface area contributed by atoms with E-state index in [1.54, 1.807) is 0 Å². The van der Waals surface area contributed by atoms with Crippen LogP contribution in [0.4, 0.5) is 0 Å². The van der Waals surface area contributed by atoms with E-state index in [1.807, 2.05) is 29.1 Å². The molecule has 0 unspecified atom stereocenters. The molecule has 0 aliphatic carbocycles. The van der Waals surface area contributed by atoms with E-state index in [0.29, 0.717) is 0 Å². The highest BCUT2D eigenvalue weighted by atomic mass is 79.9. The number of hydrogen-bond acceptors (Lipinski definition) is 1. The van der Waals surface area contributed by atoms with Crippen LogP contribution in [0.5, 0.6) is 0 Å². The van der Waals surface area contributed by atoms with Gasteiger partial charge in [0.25, 0.3) is 0 Å². The summed E-state index contributed by atoms with van der Waals surface area (Å²) >= 11 is 3.58. The van der Waals surface area contributed by atoms with Crippen molar-refractivity contribution in [1.29, 1.82) is 0 Å². The molecule has 17 heavy (non-hydrogen) atoms. The Morgan fingerprint density at radius 3 is 2.65 bits per heavy atom. The first-order valence-electron chi connectivity index (χ1n) is 5.48. The van der Waals surface area contributed by atoms with E-state index in [0.717, 1.165) is 21.9 Å². The van der Waals surface area contributed by atoms with Crippen molar-refractivity contribution in [2.24, 2.45) is 0 Å². The van der Waals surface area contributed by atoms with Gasteiger partial charge in [-0.15, -0.1) is 0 Å². The van der Waals surface area contributed by atoms with Gasteiger partial charge in [0.1, 0.15) is 0 Å². The first-order chi connectivity index (χ1) is 8.34. The summed E-state index contributed by atoms with van der Waals surface area (Å²) in [6.45, 7) is 0.799. The molecule has 1 heterocycles. The second-order valence-electron chi connectivity index (χ2n) is 3.97. The summed E-state index contributed by atoms with van der Waals surface area (Å²) in [5.74, 6) is 0. The molecule has 0 saturated heterocycles. The molecule has 0 radical (unpaired) electrons. The minimum Gasteiger partial charge on any atom is -0.259 e. The van der Waals surface area contributed by atoms with E-state index >= 15 is 0 Å². The predicted molar refractivity (Wildman–Crippen MR) is 73.0 cm³/mol. The van der Waals surface area contributed by atoms with Crippen LogP contribution in [0.15, 0.2) is 59.2 Å². The van der Waals surface area contributed by atoms with Gasteiger partial charge in [-0.05, 0) is 27.6 Å². The van der Waals surface area contributed by atoms with Gasteiger partial charge in [0.05, 0.1) is 18.3 Å². The summed E-state index contributed by atoms with van der Waals surface area (Å²) in [7, 11) is 0. The fourth-order valence-electron chi connectivity index (χ4n) is 1.97. The molecule has 0 bridgehead atoms. The third-order valence-electron chi connectivity index (χ3n) is 2.79. The second-order valence-corrected chi connectivity index (χ2v) is 4.82. The highest BCUT2D eigenvalue weighted by Crippen LogP contribution is 2.23. The van der Waals surface area contributed by atoms with E-state index in [1.165, 1.54) is 5.56 Å². The van der Waals surface area contributed by atoms with Gasteiger partial charge in [0, 0.05) is 9.86 Å². The SMILES string of the molecule is Brc1cccc2cnn(Cc3ccccc3)c12. The molecule has 3 aromatic rings. The van der Waals surface area contributed by atoms with Crippen LogP contribution in [0.25, 0.3) is 10.9 Å². The smallest absolute Gasteiger partial charge is 0.0828 e. The topological polar surface area (TPSA) is 17.8 Å². The highest BCUT2D eigenvalue weighted by molar-refractivity contribution is 9.10. The Balaban J connectivity index is 2.07. The van der Waals surface area contributed by atoms with Gasteiger partial charge in [-0.1, -0.05) is 42.5 Å². The van der Waals surface area contributed by atoms with Crippen LogP contribution >= 0.6 is 15.9 Å². The van der Waals surface area contributed by atoms with E-state index in [-0.39, 0.29) is 0 Å². The summed E-state index contributed by atoms with van der Waals surface area (Å²) in [6.07, 6.45) is 1.91. The van der Waals surface area contributed by atoms with Crippen molar-refractivity contribution in [2.45, 2.75) is 6.54 Å². The number of benzene rings is 2. The van der Waals surface area contributed by atoms with Crippen LogP contribution in [0.3, 0.4) is 0 Å². The molecule has 1 aromatic heterocycles. The normalized spacial score (nSPS) is 10.9. The maximum Gasteiger partial charge on any atom is 0.0828 e. The van der Waals surface area contributed by atoms with Crippen LogP contribution in [0.2, 0.25) is 0 Å². The molecular formula is C14H11BrN2. The van der Waals surface area contributed by atoms with Gasteiger partial charge in [-0.2, -0.15) is 5.10 Å². The summed E-state index contributed by atoms with van der Waals surface area (Å²) in [5.41, 5.74) is 2.41. The Hall–Kier alpha value is -1.61. The van der Waals surface area contributed by atoms with Crippen LogP contribution in [0, 0.1) is 0 Å². The molecule has 0 spiro atoms. The Bertz CT molecular complexity index is 644. The minimum absolute atomic E-state index is 0.799. The zero-order valence-electron chi connectivity index (χ0n) is 9.18. The van der Waals surface area contributed by atoms with Crippen molar-refractivity contribution in [1.82, 2.24) is 9.78 Å². The number of rotatable bonds is 2. The quantitative estimate of drug-likeness (QED) is 0.700. The maximum absolute atomic E-state index is 4.44. The lowest BCUT2D eigenvalue weighted by molar-refractivity contribution is 0.711. The van der Waals surface area contributed by atoms with Gasteiger partial charge < -0.3 is 0 Å². The monoisotopic (exact) mass is 286 g/mol. The standard InChI is InChI=1S/C14H11BrN2/c15-13-8-4-7-12-9-16-17(14(12)13)10-11-5-2-1-3-6-11/h1-9H,10H2. The fraction of sp³-hybridized carbons (Fsp3) is 0.0714. The van der Waals surface area contributed by atoms with Crippen molar-refractivity contribution < 1.29 is 0 Å². The molecule has 3 heteroatoms. The predicted octanol–water partition coefficient (Wildman–Crippen LogP) is 3.85. The second kappa shape index (κ2) is 4.34. The fourth-order valence-corrected chi connectivity index (χ4v) is 2.56. The van der Waals surface area contributed by atoms with E-state index < -0.39 is 0 Å². The average Bonchev–Trinajstić information content (AvgIpc) is 2.75. The summed E-state index contributed by atoms with van der Waals surface area (Å²) in [4.78, 5) is 0. The average molecular weight is 287 g/mol. The van der Waals surface area contributed by atoms with Crippen LogP contribution < -0.4 is 0 Å². The van der Waals surface area contributed by atoms with E-state index in [4.69, 9.17) is 0 Å². The van der Waals surface area contributed by atoms with Crippen molar-refractivity contribution in [3.63, 3.8) is 0 Å². The van der Waals surface area contributed by atoms with Crippen LogP contribution in [-0.2, 0) is 6.54 Å². The number of fused-ring (bicyclic) bond motifs is 1. The van der Waals surface area contributed by atoms with Crippen molar-refractivity contribution in [3.8, 4) is 0 Å².